The zero-order valence-corrected chi connectivity index (χ0v) is 11.8. The van der Waals surface area contributed by atoms with Crippen molar-refractivity contribution in [2.45, 2.75) is 45.3 Å². The molecule has 0 radical (unpaired) electrons. The van der Waals surface area contributed by atoms with Crippen LogP contribution in [0, 0.1) is 6.92 Å². The van der Waals surface area contributed by atoms with E-state index in [1.54, 1.807) is 0 Å². The second kappa shape index (κ2) is 5.75. The van der Waals surface area contributed by atoms with Gasteiger partial charge in [-0.3, -0.25) is 4.90 Å². The van der Waals surface area contributed by atoms with Gasteiger partial charge in [-0.1, -0.05) is 0 Å². The van der Waals surface area contributed by atoms with Crippen molar-refractivity contribution in [2.24, 2.45) is 5.73 Å². The zero-order chi connectivity index (χ0) is 14.0. The lowest BCUT2D eigenvalue weighted by Crippen LogP contribution is -2.44. The molecule has 0 amide bonds. The molecule has 0 bridgehead atoms. The standard InChI is InChI=1S/C14H22N2O3/c1-9-6-12(19-13(9)14(17)18-3)8-16-5-4-11(15)7-10(16)2/h6,10-11H,4-5,7-8,15H2,1-3H3. The Kier molecular flexibility index (Phi) is 4.27. The van der Waals surface area contributed by atoms with Crippen molar-refractivity contribution in [1.82, 2.24) is 4.90 Å². The number of hydrogen-bond donors (Lipinski definition) is 1. The number of ether oxygens (including phenoxy) is 1. The summed E-state index contributed by atoms with van der Waals surface area (Å²) in [5, 5.41) is 0. The number of carbonyl (C=O) groups is 1. The molecule has 2 atom stereocenters. The fourth-order valence-corrected chi connectivity index (χ4v) is 2.61. The normalized spacial score (nSPS) is 24.4. The van der Waals surface area contributed by atoms with Crippen LogP contribution in [0.1, 0.15) is 41.6 Å². The first kappa shape index (κ1) is 14.1. The third-order valence-corrected chi connectivity index (χ3v) is 3.75. The summed E-state index contributed by atoms with van der Waals surface area (Å²) >= 11 is 0. The first-order chi connectivity index (χ1) is 9.01. The minimum absolute atomic E-state index is 0.301. The summed E-state index contributed by atoms with van der Waals surface area (Å²) in [6.07, 6.45) is 2.01. The van der Waals surface area contributed by atoms with E-state index in [2.05, 4.69) is 11.8 Å². The fourth-order valence-electron chi connectivity index (χ4n) is 2.61. The van der Waals surface area contributed by atoms with Crippen LogP contribution in [0.2, 0.25) is 0 Å². The molecule has 0 aromatic carbocycles. The van der Waals surface area contributed by atoms with Crippen LogP contribution in [-0.2, 0) is 11.3 Å². The molecule has 1 fully saturated rings. The minimum Gasteiger partial charge on any atom is -0.463 e. The number of nitrogens with zero attached hydrogens (tertiary/aromatic N) is 1. The molecule has 0 spiro atoms. The molecule has 2 heterocycles. The summed E-state index contributed by atoms with van der Waals surface area (Å²) in [6.45, 7) is 5.71. The van der Waals surface area contributed by atoms with E-state index in [0.717, 1.165) is 30.7 Å². The van der Waals surface area contributed by atoms with Gasteiger partial charge >= 0.3 is 5.97 Å². The van der Waals surface area contributed by atoms with Gasteiger partial charge in [0.25, 0.3) is 0 Å². The lowest BCUT2D eigenvalue weighted by molar-refractivity contribution is 0.0557. The molecule has 1 saturated heterocycles. The highest BCUT2D eigenvalue weighted by atomic mass is 16.5. The summed E-state index contributed by atoms with van der Waals surface area (Å²) < 4.78 is 10.3. The summed E-state index contributed by atoms with van der Waals surface area (Å²) in [5.74, 6) is 0.691. The van der Waals surface area contributed by atoms with Crippen molar-refractivity contribution in [3.8, 4) is 0 Å². The Labute approximate surface area is 113 Å². The van der Waals surface area contributed by atoms with Crippen LogP contribution in [0.5, 0.6) is 0 Å². The van der Waals surface area contributed by atoms with Gasteiger partial charge < -0.3 is 14.9 Å². The highest BCUT2D eigenvalue weighted by molar-refractivity contribution is 5.87. The minimum atomic E-state index is -0.419. The number of likely N-dealkylation sites (tertiary alicyclic amines) is 1. The molecule has 2 rings (SSSR count). The van der Waals surface area contributed by atoms with Crippen molar-refractivity contribution in [2.75, 3.05) is 13.7 Å². The van der Waals surface area contributed by atoms with Crippen LogP contribution in [0.4, 0.5) is 0 Å². The average Bonchev–Trinajstić information content (AvgIpc) is 2.73. The predicted octanol–water partition coefficient (Wildman–Crippen LogP) is 1.69. The van der Waals surface area contributed by atoms with Crippen LogP contribution in [0.3, 0.4) is 0 Å². The molecule has 2 unspecified atom stereocenters. The highest BCUT2D eigenvalue weighted by Gasteiger charge is 2.25. The topological polar surface area (TPSA) is 68.7 Å². The van der Waals surface area contributed by atoms with Gasteiger partial charge in [-0.25, -0.2) is 4.79 Å². The van der Waals surface area contributed by atoms with Gasteiger partial charge in [0.05, 0.1) is 13.7 Å². The van der Waals surface area contributed by atoms with Crippen molar-refractivity contribution in [1.29, 1.82) is 0 Å². The molecule has 19 heavy (non-hydrogen) atoms. The van der Waals surface area contributed by atoms with Crippen LogP contribution in [0.25, 0.3) is 0 Å². The smallest absolute Gasteiger partial charge is 0.374 e. The Balaban J connectivity index is 2.05. The van der Waals surface area contributed by atoms with E-state index in [1.165, 1.54) is 7.11 Å². The van der Waals surface area contributed by atoms with Crippen LogP contribution < -0.4 is 5.73 Å². The maximum absolute atomic E-state index is 11.5. The highest BCUT2D eigenvalue weighted by Crippen LogP contribution is 2.22. The van der Waals surface area contributed by atoms with Crippen LogP contribution >= 0.6 is 0 Å². The molecule has 2 N–H and O–H groups in total. The van der Waals surface area contributed by atoms with Gasteiger partial charge in [0.2, 0.25) is 5.76 Å². The monoisotopic (exact) mass is 266 g/mol. The van der Waals surface area contributed by atoms with Gasteiger partial charge in [0.15, 0.2) is 0 Å². The third kappa shape index (κ3) is 3.16. The van der Waals surface area contributed by atoms with E-state index in [0.29, 0.717) is 24.4 Å². The largest absolute Gasteiger partial charge is 0.463 e. The number of esters is 1. The molecule has 1 aromatic rings. The van der Waals surface area contributed by atoms with Gasteiger partial charge in [-0.15, -0.1) is 0 Å². The van der Waals surface area contributed by atoms with E-state index in [9.17, 15) is 4.79 Å². The van der Waals surface area contributed by atoms with Gasteiger partial charge in [0.1, 0.15) is 5.76 Å². The Hall–Kier alpha value is -1.33. The predicted molar refractivity (Wildman–Crippen MR) is 71.9 cm³/mol. The van der Waals surface area contributed by atoms with E-state index in [4.69, 9.17) is 14.9 Å². The third-order valence-electron chi connectivity index (χ3n) is 3.75. The number of hydrogen-bond acceptors (Lipinski definition) is 5. The number of methoxy groups -OCH3 is 1. The van der Waals surface area contributed by atoms with E-state index < -0.39 is 5.97 Å². The maximum atomic E-state index is 11.5. The molecule has 1 aromatic heterocycles. The molecular weight excluding hydrogens is 244 g/mol. The first-order valence-corrected chi connectivity index (χ1v) is 6.68. The Morgan fingerprint density at radius 2 is 2.37 bits per heavy atom. The lowest BCUT2D eigenvalue weighted by atomic mass is 9.99. The zero-order valence-electron chi connectivity index (χ0n) is 11.8. The number of nitrogens with two attached hydrogens (primary N) is 1. The Morgan fingerprint density at radius 3 is 3.00 bits per heavy atom. The molecule has 5 heteroatoms. The molecule has 1 aliphatic heterocycles. The summed E-state index contributed by atoms with van der Waals surface area (Å²) in [4.78, 5) is 13.8. The molecular formula is C14H22N2O3. The second-order valence-corrected chi connectivity index (χ2v) is 5.32. The van der Waals surface area contributed by atoms with Gasteiger partial charge in [-0.05, 0) is 32.8 Å². The van der Waals surface area contributed by atoms with Crippen molar-refractivity contribution < 1.29 is 13.9 Å². The molecule has 5 nitrogen and oxygen atoms in total. The fraction of sp³-hybridized carbons (Fsp3) is 0.643. The first-order valence-electron chi connectivity index (χ1n) is 6.68. The maximum Gasteiger partial charge on any atom is 0.374 e. The van der Waals surface area contributed by atoms with Crippen molar-refractivity contribution >= 4 is 5.97 Å². The van der Waals surface area contributed by atoms with Crippen molar-refractivity contribution in [3.05, 3.63) is 23.2 Å². The number of furan rings is 1. The number of piperidine rings is 1. The molecule has 0 saturated carbocycles. The van der Waals surface area contributed by atoms with Gasteiger partial charge in [0, 0.05) is 24.2 Å². The van der Waals surface area contributed by atoms with Crippen molar-refractivity contribution in [3.63, 3.8) is 0 Å². The number of rotatable bonds is 3. The number of aryl methyl sites for hydroxylation is 1. The Bertz CT molecular complexity index is 456. The van der Waals surface area contributed by atoms with E-state index in [1.807, 2.05) is 13.0 Å². The van der Waals surface area contributed by atoms with Gasteiger partial charge in [-0.2, -0.15) is 0 Å². The number of carbonyl (C=O) groups excluding carboxylic acids is 1. The molecule has 1 aliphatic rings. The van der Waals surface area contributed by atoms with Crippen LogP contribution in [-0.4, -0.2) is 36.6 Å². The summed E-state index contributed by atoms with van der Waals surface area (Å²) in [7, 11) is 1.36. The van der Waals surface area contributed by atoms with E-state index in [-0.39, 0.29) is 0 Å². The Morgan fingerprint density at radius 1 is 1.63 bits per heavy atom. The van der Waals surface area contributed by atoms with E-state index >= 15 is 0 Å². The van der Waals surface area contributed by atoms with Crippen LogP contribution in [0.15, 0.2) is 10.5 Å². The average molecular weight is 266 g/mol. The molecule has 0 aliphatic carbocycles. The second-order valence-electron chi connectivity index (χ2n) is 5.32. The summed E-state index contributed by atoms with van der Waals surface area (Å²) in [5.41, 5.74) is 6.78. The molecule has 106 valence electrons. The summed E-state index contributed by atoms with van der Waals surface area (Å²) in [6, 6.07) is 2.65. The lowest BCUT2D eigenvalue weighted by Gasteiger charge is -2.35. The SMILES string of the molecule is COC(=O)c1oc(CN2CCC(N)CC2C)cc1C. The quantitative estimate of drug-likeness (QED) is 0.843.